The molecule has 2 unspecified atom stereocenters. The van der Waals surface area contributed by atoms with E-state index in [4.69, 9.17) is 0 Å². The second kappa shape index (κ2) is 6.36. The van der Waals surface area contributed by atoms with Crippen molar-refractivity contribution in [2.24, 2.45) is 5.41 Å². The minimum absolute atomic E-state index is 0.0487. The van der Waals surface area contributed by atoms with Crippen molar-refractivity contribution >= 4 is 5.91 Å². The summed E-state index contributed by atoms with van der Waals surface area (Å²) >= 11 is 0. The van der Waals surface area contributed by atoms with E-state index in [0.717, 1.165) is 13.0 Å². The highest BCUT2D eigenvalue weighted by atomic mass is 16.3. The fraction of sp³-hybridized carbons (Fsp3) is 0.923. The third-order valence-electron chi connectivity index (χ3n) is 3.21. The number of aliphatic hydroxyl groups excluding tert-OH is 1. The zero-order chi connectivity index (χ0) is 12.9. The van der Waals surface area contributed by atoms with Crippen molar-refractivity contribution < 1.29 is 9.90 Å². The summed E-state index contributed by atoms with van der Waals surface area (Å²) in [6.45, 7) is 7.57. The Morgan fingerprint density at radius 3 is 2.82 bits per heavy atom. The van der Waals surface area contributed by atoms with Crippen molar-refractivity contribution in [2.75, 3.05) is 13.1 Å². The van der Waals surface area contributed by atoms with E-state index in [0.29, 0.717) is 25.4 Å². The van der Waals surface area contributed by atoms with E-state index in [1.807, 2.05) is 0 Å². The molecule has 3 N–H and O–H groups in total. The van der Waals surface area contributed by atoms with Gasteiger partial charge in [0.1, 0.15) is 0 Å². The van der Waals surface area contributed by atoms with E-state index in [2.05, 4.69) is 24.5 Å². The molecule has 4 nitrogen and oxygen atoms in total. The van der Waals surface area contributed by atoms with Crippen LogP contribution in [0.3, 0.4) is 0 Å². The maximum absolute atomic E-state index is 11.7. The summed E-state index contributed by atoms with van der Waals surface area (Å²) in [7, 11) is 0. The topological polar surface area (TPSA) is 61.4 Å². The average Bonchev–Trinajstić information content (AvgIpc) is 2.65. The van der Waals surface area contributed by atoms with E-state index < -0.39 is 0 Å². The van der Waals surface area contributed by atoms with E-state index >= 15 is 0 Å². The Morgan fingerprint density at radius 1 is 1.59 bits per heavy atom. The van der Waals surface area contributed by atoms with Crippen molar-refractivity contribution in [3.05, 3.63) is 0 Å². The minimum atomic E-state index is -0.321. The maximum Gasteiger partial charge on any atom is 0.221 e. The summed E-state index contributed by atoms with van der Waals surface area (Å²) in [6.07, 6.45) is 3.23. The summed E-state index contributed by atoms with van der Waals surface area (Å²) in [4.78, 5) is 11.7. The first kappa shape index (κ1) is 14.5. The molecule has 0 aliphatic carbocycles. The van der Waals surface area contributed by atoms with Crippen molar-refractivity contribution in [3.63, 3.8) is 0 Å². The molecule has 1 heterocycles. The van der Waals surface area contributed by atoms with Crippen LogP contribution in [0.25, 0.3) is 0 Å². The van der Waals surface area contributed by atoms with Crippen LogP contribution < -0.4 is 10.6 Å². The van der Waals surface area contributed by atoms with Crippen molar-refractivity contribution in [2.45, 2.75) is 58.6 Å². The number of carbonyl (C=O) groups is 1. The van der Waals surface area contributed by atoms with Gasteiger partial charge < -0.3 is 15.7 Å². The molecule has 1 rings (SSSR count). The van der Waals surface area contributed by atoms with Gasteiger partial charge >= 0.3 is 0 Å². The molecule has 1 saturated heterocycles. The smallest absolute Gasteiger partial charge is 0.221 e. The zero-order valence-corrected chi connectivity index (χ0v) is 11.3. The van der Waals surface area contributed by atoms with Gasteiger partial charge in [0.15, 0.2) is 0 Å². The minimum Gasteiger partial charge on any atom is -0.393 e. The molecular formula is C13H26N2O2. The molecule has 0 spiro atoms. The molecule has 0 radical (unpaired) electrons. The molecule has 0 aromatic carbocycles. The summed E-state index contributed by atoms with van der Waals surface area (Å²) in [6, 6.07) is 0.356. The van der Waals surface area contributed by atoms with Gasteiger partial charge in [-0.15, -0.1) is 0 Å². The first-order chi connectivity index (χ1) is 7.89. The van der Waals surface area contributed by atoms with Crippen LogP contribution in [0.4, 0.5) is 0 Å². The van der Waals surface area contributed by atoms with Crippen LogP contribution in [-0.4, -0.2) is 36.2 Å². The van der Waals surface area contributed by atoms with Crippen molar-refractivity contribution in [1.29, 1.82) is 0 Å². The molecule has 4 heteroatoms. The van der Waals surface area contributed by atoms with Crippen LogP contribution in [0.5, 0.6) is 0 Å². The van der Waals surface area contributed by atoms with Crippen LogP contribution in [0.15, 0.2) is 0 Å². The number of hydrogen-bond acceptors (Lipinski definition) is 3. The first-order valence-corrected chi connectivity index (χ1v) is 6.57. The fourth-order valence-electron chi connectivity index (χ4n) is 2.44. The van der Waals surface area contributed by atoms with E-state index in [9.17, 15) is 9.90 Å². The second-order valence-electron chi connectivity index (χ2n) is 5.99. The van der Waals surface area contributed by atoms with E-state index in [1.165, 1.54) is 6.42 Å². The van der Waals surface area contributed by atoms with Gasteiger partial charge in [-0.2, -0.15) is 0 Å². The lowest BCUT2D eigenvalue weighted by molar-refractivity contribution is -0.122. The van der Waals surface area contributed by atoms with Gasteiger partial charge in [0.2, 0.25) is 5.91 Å². The molecule has 1 amide bonds. The predicted molar refractivity (Wildman–Crippen MR) is 68.7 cm³/mol. The fourth-order valence-corrected chi connectivity index (χ4v) is 2.44. The van der Waals surface area contributed by atoms with E-state index in [1.54, 1.807) is 6.92 Å². The Bertz CT molecular complexity index is 246. The second-order valence-corrected chi connectivity index (χ2v) is 5.99. The lowest BCUT2D eigenvalue weighted by Crippen LogP contribution is -2.38. The van der Waals surface area contributed by atoms with Crippen LogP contribution in [0.1, 0.15) is 46.5 Å². The Morgan fingerprint density at radius 2 is 2.29 bits per heavy atom. The van der Waals surface area contributed by atoms with Gasteiger partial charge in [-0.3, -0.25) is 4.79 Å². The number of amides is 1. The molecule has 0 bridgehead atoms. The molecule has 0 saturated carbocycles. The molecule has 0 aromatic heterocycles. The molecule has 1 aliphatic heterocycles. The van der Waals surface area contributed by atoms with Crippen LogP contribution in [0.2, 0.25) is 0 Å². The maximum atomic E-state index is 11.7. The van der Waals surface area contributed by atoms with Gasteiger partial charge in [-0.05, 0) is 38.1 Å². The Hall–Kier alpha value is -0.610. The van der Waals surface area contributed by atoms with Crippen LogP contribution in [0, 0.1) is 5.41 Å². The Labute approximate surface area is 104 Å². The molecule has 1 fully saturated rings. The lowest BCUT2D eigenvalue weighted by atomic mass is 9.87. The normalized spacial score (nSPS) is 22.5. The largest absolute Gasteiger partial charge is 0.393 e. The van der Waals surface area contributed by atoms with E-state index in [-0.39, 0.29) is 17.4 Å². The number of carbonyl (C=O) groups excluding carboxylic acids is 1. The molecule has 1 aliphatic rings. The Kier molecular flexibility index (Phi) is 5.40. The zero-order valence-electron chi connectivity index (χ0n) is 11.3. The quantitative estimate of drug-likeness (QED) is 0.652. The SMILES string of the molecule is CC(O)CC(C)(C)CNC(=O)CC1CCCN1. The highest BCUT2D eigenvalue weighted by molar-refractivity contribution is 5.76. The van der Waals surface area contributed by atoms with Crippen molar-refractivity contribution in [1.82, 2.24) is 10.6 Å². The monoisotopic (exact) mass is 242 g/mol. The van der Waals surface area contributed by atoms with Crippen LogP contribution >= 0.6 is 0 Å². The number of rotatable bonds is 6. The van der Waals surface area contributed by atoms with Gasteiger partial charge in [0.25, 0.3) is 0 Å². The molecule has 2 atom stereocenters. The molecule has 0 aromatic rings. The Balaban J connectivity index is 2.22. The molecule has 17 heavy (non-hydrogen) atoms. The molecule has 100 valence electrons. The highest BCUT2D eigenvalue weighted by Gasteiger charge is 2.22. The number of nitrogens with one attached hydrogen (secondary N) is 2. The van der Waals surface area contributed by atoms with Gasteiger partial charge in [-0.25, -0.2) is 0 Å². The summed E-state index contributed by atoms with van der Waals surface area (Å²) in [5, 5.41) is 15.6. The summed E-state index contributed by atoms with van der Waals surface area (Å²) in [5.41, 5.74) is -0.0487. The van der Waals surface area contributed by atoms with Crippen molar-refractivity contribution in [3.8, 4) is 0 Å². The summed E-state index contributed by atoms with van der Waals surface area (Å²) in [5.74, 6) is 0.114. The first-order valence-electron chi connectivity index (χ1n) is 6.57. The van der Waals surface area contributed by atoms with Gasteiger partial charge in [-0.1, -0.05) is 13.8 Å². The number of hydrogen-bond donors (Lipinski definition) is 3. The lowest BCUT2D eigenvalue weighted by Gasteiger charge is -2.26. The van der Waals surface area contributed by atoms with Gasteiger partial charge in [0.05, 0.1) is 6.10 Å². The average molecular weight is 242 g/mol. The predicted octanol–water partition coefficient (Wildman–Crippen LogP) is 1.04. The third kappa shape index (κ3) is 6.03. The highest BCUT2D eigenvalue weighted by Crippen LogP contribution is 2.21. The standard InChI is InChI=1S/C13H26N2O2/c1-10(16)8-13(2,3)9-15-12(17)7-11-5-4-6-14-11/h10-11,14,16H,4-9H2,1-3H3,(H,15,17). The third-order valence-corrected chi connectivity index (χ3v) is 3.21. The van der Waals surface area contributed by atoms with Gasteiger partial charge in [0, 0.05) is 19.0 Å². The number of aliphatic hydroxyl groups is 1. The summed E-state index contributed by atoms with van der Waals surface area (Å²) < 4.78 is 0. The molecular weight excluding hydrogens is 216 g/mol. The van der Waals surface area contributed by atoms with Crippen LogP contribution in [-0.2, 0) is 4.79 Å².